The van der Waals surface area contributed by atoms with Crippen LogP contribution in [0.2, 0.25) is 0 Å². The lowest BCUT2D eigenvalue weighted by atomic mass is 9.37. The first kappa shape index (κ1) is 31.6. The lowest BCUT2D eigenvalue weighted by Gasteiger charge is -2.68. The van der Waals surface area contributed by atoms with E-state index in [0.717, 1.165) is 68.4 Å². The van der Waals surface area contributed by atoms with Crippen LogP contribution < -0.4 is 9.47 Å². The van der Waals surface area contributed by atoms with Crippen LogP contribution in [0.3, 0.4) is 0 Å². The Bertz CT molecular complexity index is 1660. The highest BCUT2D eigenvalue weighted by atomic mass is 16.7. The molecule has 4 saturated carbocycles. The highest BCUT2D eigenvalue weighted by molar-refractivity contribution is 5.77. The Morgan fingerprint density at radius 2 is 1.78 bits per heavy atom. The number of ether oxygens (including phenoxy) is 6. The number of carbonyl (C=O) groups is 1. The van der Waals surface area contributed by atoms with Crippen molar-refractivity contribution in [3.05, 3.63) is 35.4 Å². The Labute approximate surface area is 289 Å². The van der Waals surface area contributed by atoms with Gasteiger partial charge in [0.15, 0.2) is 11.5 Å². The van der Waals surface area contributed by atoms with Gasteiger partial charge in [0, 0.05) is 24.4 Å². The smallest absolute Gasteiger partial charge is 0.314 e. The molecule has 5 aliphatic carbocycles. The maximum atomic E-state index is 13.7. The van der Waals surface area contributed by atoms with E-state index in [9.17, 15) is 15.0 Å². The van der Waals surface area contributed by atoms with Gasteiger partial charge in [0.1, 0.15) is 6.10 Å². The zero-order valence-corrected chi connectivity index (χ0v) is 29.6. The first-order chi connectivity index (χ1) is 23.3. The lowest BCUT2D eigenvalue weighted by Crippen LogP contribution is -2.65. The number of allylic oxidation sites excluding steroid dienone is 1. The van der Waals surface area contributed by atoms with Gasteiger partial charge in [-0.15, -0.1) is 0 Å². The number of benzene rings is 1. The molecule has 9 aliphatic rings. The zero-order valence-electron chi connectivity index (χ0n) is 29.6. The number of hydrogen-bond acceptors (Lipinski definition) is 9. The lowest BCUT2D eigenvalue weighted by molar-refractivity contribution is -0.226. The summed E-state index contributed by atoms with van der Waals surface area (Å²) in [5.41, 5.74) is 1.52. The number of esters is 1. The molecule has 3 saturated heterocycles. The number of carbonyl (C=O) groups excluding carboxylic acids is 1. The van der Waals surface area contributed by atoms with Crippen molar-refractivity contribution in [1.29, 1.82) is 0 Å². The van der Waals surface area contributed by atoms with E-state index in [1.54, 1.807) is 7.11 Å². The largest absolute Gasteiger partial charge is 0.454 e. The van der Waals surface area contributed by atoms with Crippen LogP contribution in [-0.4, -0.2) is 66.9 Å². The van der Waals surface area contributed by atoms with Crippen LogP contribution in [0.25, 0.3) is 0 Å². The van der Waals surface area contributed by atoms with Crippen LogP contribution in [0.1, 0.15) is 97.1 Å². The van der Waals surface area contributed by atoms with E-state index < -0.39 is 29.5 Å². The Kier molecular flexibility index (Phi) is 6.20. The molecule has 1 spiro atoms. The fourth-order valence-corrected chi connectivity index (χ4v) is 14.4. The quantitative estimate of drug-likeness (QED) is 0.300. The zero-order chi connectivity index (χ0) is 34.0. The summed E-state index contributed by atoms with van der Waals surface area (Å²) in [4.78, 5) is 13.7. The number of methoxy groups -OCH3 is 1. The first-order valence-electron chi connectivity index (χ1n) is 18.8. The van der Waals surface area contributed by atoms with Crippen molar-refractivity contribution in [3.63, 3.8) is 0 Å². The topological polar surface area (TPSA) is 113 Å². The molecule has 4 heterocycles. The highest BCUT2D eigenvalue weighted by Crippen LogP contribution is 2.91. The summed E-state index contributed by atoms with van der Waals surface area (Å²) in [6.07, 6.45) is 8.96. The average molecular weight is 677 g/mol. The fraction of sp³-hybridized carbons (Fsp3) is 0.775. The molecule has 0 amide bonds. The van der Waals surface area contributed by atoms with E-state index in [2.05, 4.69) is 39.0 Å². The summed E-state index contributed by atoms with van der Waals surface area (Å²) in [5.74, 6) is 0.00683. The third kappa shape index (κ3) is 3.63. The molecule has 1 aromatic rings. The molecule has 9 nitrogen and oxygen atoms in total. The molecule has 0 unspecified atom stereocenters. The Balaban J connectivity index is 0.933. The van der Waals surface area contributed by atoms with Crippen molar-refractivity contribution >= 4 is 5.97 Å². The van der Waals surface area contributed by atoms with Gasteiger partial charge in [-0.25, -0.2) is 0 Å². The maximum absolute atomic E-state index is 13.7. The third-order valence-electron chi connectivity index (χ3n) is 17.0. The standard InChI is InChI=1S/C40H52O9/c1-34(44-5)17-40(48-19-34)32(42)31(33(43)49-40)24-9-13-39-18-38(24,39)12-10-28-35(2)11-8-23-15-26(22-6-7-25-27(14-22)47-21-46-25)45-20-36(23,3)29(35)16-30(41)37(28,39)4/h6-8,14,24,26,28-32,41-42H,9-13,15-21H2,1-5H3/t24-,26-,28+,29+,30+,31+,32+,34+,35+,36-,37-,38+,39+,40-/m0/s1. The number of hydrogen-bond donors (Lipinski definition) is 2. The molecule has 10 rings (SSSR count). The molecule has 0 radical (unpaired) electrons. The van der Waals surface area contributed by atoms with Gasteiger partial charge < -0.3 is 38.6 Å². The third-order valence-corrected chi connectivity index (χ3v) is 17.0. The van der Waals surface area contributed by atoms with Crippen molar-refractivity contribution in [2.75, 3.05) is 27.1 Å². The maximum Gasteiger partial charge on any atom is 0.314 e. The molecular formula is C40H52O9. The van der Waals surface area contributed by atoms with E-state index in [1.165, 1.54) is 5.57 Å². The minimum Gasteiger partial charge on any atom is -0.454 e. The summed E-state index contributed by atoms with van der Waals surface area (Å²) in [6.45, 7) is 10.4. The Hall–Kier alpha value is -2.17. The van der Waals surface area contributed by atoms with Crippen LogP contribution in [0.5, 0.6) is 11.5 Å². The average Bonchev–Trinajstić information content (AvgIpc) is 3.41. The second-order valence-electron chi connectivity index (χ2n) is 18.5. The van der Waals surface area contributed by atoms with Gasteiger partial charge in [0.25, 0.3) is 0 Å². The van der Waals surface area contributed by atoms with Crippen molar-refractivity contribution in [2.24, 2.45) is 50.7 Å². The second-order valence-corrected chi connectivity index (χ2v) is 18.5. The van der Waals surface area contributed by atoms with E-state index in [4.69, 9.17) is 28.4 Å². The Morgan fingerprint density at radius 3 is 2.57 bits per heavy atom. The summed E-state index contributed by atoms with van der Waals surface area (Å²) in [5, 5.41) is 24.4. The predicted octanol–water partition coefficient (Wildman–Crippen LogP) is 5.86. The molecule has 7 fully saturated rings. The minimum absolute atomic E-state index is 0.0253. The molecule has 9 heteroatoms. The van der Waals surface area contributed by atoms with Crippen molar-refractivity contribution in [2.45, 2.75) is 115 Å². The van der Waals surface area contributed by atoms with Crippen LogP contribution in [0.4, 0.5) is 0 Å². The van der Waals surface area contributed by atoms with E-state index in [-0.39, 0.29) is 58.5 Å². The van der Waals surface area contributed by atoms with Crippen molar-refractivity contribution in [3.8, 4) is 11.5 Å². The fourth-order valence-electron chi connectivity index (χ4n) is 14.4. The SMILES string of the molecule is CO[C@@]1(C)CO[C@@]2(C1)OC(=O)[C@H]([C@@H]1CC[C@]34C[C@]13CC[C@@H]1[C@@]3(C)CC=C5C[C@@H](c6ccc7c(c6)OCO7)OC[C@]5(C)[C@@H]3C[C@@H](O)[C@]14C)[C@H]2O. The molecule has 14 atom stereocenters. The summed E-state index contributed by atoms with van der Waals surface area (Å²) in [7, 11) is 1.64. The molecule has 4 aliphatic heterocycles. The Morgan fingerprint density at radius 1 is 0.959 bits per heavy atom. The van der Waals surface area contributed by atoms with Gasteiger partial charge >= 0.3 is 5.97 Å². The molecule has 49 heavy (non-hydrogen) atoms. The van der Waals surface area contributed by atoms with Crippen LogP contribution in [0, 0.1) is 50.7 Å². The highest BCUT2D eigenvalue weighted by Gasteiger charge is 2.87. The van der Waals surface area contributed by atoms with Gasteiger partial charge in [-0.3, -0.25) is 4.79 Å². The number of aliphatic hydroxyl groups excluding tert-OH is 2. The van der Waals surface area contributed by atoms with Gasteiger partial charge in [0.05, 0.1) is 36.9 Å². The molecule has 266 valence electrons. The number of aliphatic hydroxyl groups is 2. The molecular weight excluding hydrogens is 624 g/mol. The normalized spacial score (nSPS) is 54.8. The number of fused-ring (bicyclic) bond motifs is 6. The van der Waals surface area contributed by atoms with E-state index >= 15 is 0 Å². The van der Waals surface area contributed by atoms with E-state index in [0.29, 0.717) is 24.9 Å². The molecule has 1 aromatic carbocycles. The predicted molar refractivity (Wildman–Crippen MR) is 176 cm³/mol. The number of rotatable bonds is 3. The van der Waals surface area contributed by atoms with Crippen LogP contribution >= 0.6 is 0 Å². The summed E-state index contributed by atoms with van der Waals surface area (Å²) in [6, 6.07) is 6.16. The van der Waals surface area contributed by atoms with Crippen molar-refractivity contribution < 1.29 is 43.4 Å². The van der Waals surface area contributed by atoms with Crippen LogP contribution in [-0.2, 0) is 23.7 Å². The summed E-state index contributed by atoms with van der Waals surface area (Å²) >= 11 is 0. The van der Waals surface area contributed by atoms with Gasteiger partial charge in [-0.05, 0) is 110 Å². The molecule has 2 N–H and O–H groups in total. The first-order valence-corrected chi connectivity index (χ1v) is 18.8. The van der Waals surface area contributed by atoms with E-state index in [1.807, 2.05) is 13.0 Å². The second kappa shape index (κ2) is 9.62. The minimum atomic E-state index is -1.33. The molecule has 0 bridgehead atoms. The van der Waals surface area contributed by atoms with Gasteiger partial charge in [0.2, 0.25) is 12.6 Å². The molecule has 0 aromatic heterocycles. The summed E-state index contributed by atoms with van der Waals surface area (Å²) < 4.78 is 35.7. The van der Waals surface area contributed by atoms with Gasteiger partial charge in [-0.1, -0.05) is 38.5 Å². The van der Waals surface area contributed by atoms with Crippen LogP contribution in [0.15, 0.2) is 29.8 Å². The monoisotopic (exact) mass is 676 g/mol. The van der Waals surface area contributed by atoms with Crippen molar-refractivity contribution in [1.82, 2.24) is 0 Å². The van der Waals surface area contributed by atoms with Gasteiger partial charge in [-0.2, -0.15) is 0 Å².